The summed E-state index contributed by atoms with van der Waals surface area (Å²) in [6, 6.07) is 16.3. The number of halogens is 1. The van der Waals surface area contributed by atoms with E-state index in [1.807, 2.05) is 24.3 Å². The van der Waals surface area contributed by atoms with Crippen LogP contribution in [0.5, 0.6) is 5.88 Å². The van der Waals surface area contributed by atoms with Gasteiger partial charge >= 0.3 is 0 Å². The Hall–Kier alpha value is -3.16. The fraction of sp³-hybridized carbons (Fsp3) is 0.150. The number of nitrogens with zero attached hydrogens (tertiary/aromatic N) is 3. The summed E-state index contributed by atoms with van der Waals surface area (Å²) in [5.41, 5.74) is 2.35. The fourth-order valence-corrected chi connectivity index (χ4v) is 2.75. The average molecular weight is 399 g/mol. The second-order valence-corrected chi connectivity index (χ2v) is 6.18. The number of carbonyl (C=O) groups is 1. The lowest BCUT2D eigenvalue weighted by atomic mass is 10.0. The van der Waals surface area contributed by atoms with Crippen molar-refractivity contribution in [3.8, 4) is 11.6 Å². The van der Waals surface area contributed by atoms with Crippen LogP contribution in [-0.2, 0) is 11.4 Å². The monoisotopic (exact) mass is 398 g/mol. The maximum absolute atomic E-state index is 12.1. The molecule has 1 amide bonds. The zero-order valence-electron chi connectivity index (χ0n) is 15.2. The van der Waals surface area contributed by atoms with Gasteiger partial charge < -0.3 is 15.2 Å². The third-order valence-electron chi connectivity index (χ3n) is 3.97. The lowest BCUT2D eigenvalue weighted by Gasteiger charge is -2.11. The number of likely N-dealkylation sites (N-methyl/N-ethyl adjacent to an activating group) is 1. The van der Waals surface area contributed by atoms with E-state index in [1.54, 1.807) is 41.2 Å². The molecule has 1 aromatic heterocycles. The van der Waals surface area contributed by atoms with E-state index in [0.29, 0.717) is 16.5 Å². The molecule has 0 aliphatic heterocycles. The highest BCUT2D eigenvalue weighted by Crippen LogP contribution is 2.18. The minimum absolute atomic E-state index is 0.149. The Morgan fingerprint density at radius 3 is 2.68 bits per heavy atom. The Bertz CT molecular complexity index is 983. The highest BCUT2D eigenvalue weighted by Gasteiger charge is 2.16. The van der Waals surface area contributed by atoms with E-state index in [-0.39, 0.29) is 18.2 Å². The molecule has 1 heterocycles. The van der Waals surface area contributed by atoms with Crippen LogP contribution in [0.15, 0.2) is 65.8 Å². The van der Waals surface area contributed by atoms with Gasteiger partial charge in [-0.3, -0.25) is 9.79 Å². The van der Waals surface area contributed by atoms with Crippen molar-refractivity contribution >= 4 is 23.2 Å². The fourth-order valence-electron chi connectivity index (χ4n) is 2.62. The van der Waals surface area contributed by atoms with Gasteiger partial charge in [0.1, 0.15) is 19.0 Å². The summed E-state index contributed by atoms with van der Waals surface area (Å²) in [5.74, 6) is 0.0545. The van der Waals surface area contributed by atoms with Gasteiger partial charge in [-0.05, 0) is 29.8 Å². The number of rotatable bonds is 7. The molecule has 0 unspecified atom stereocenters. The standard InChI is InChI=1S/C20H19ClN4O3/c1-22-20(27)19(23-13-26)17-5-3-2-4-14(17)12-28-18-10-11-25(24-18)16-8-6-15(21)7-9-16/h2-11,26H,12-13H2,1H3,(H,22,27)/b23-19+. The number of hydrogen-bond donors (Lipinski definition) is 2. The number of aliphatic hydroxyl groups is 1. The first-order valence-electron chi connectivity index (χ1n) is 8.52. The molecule has 7 nitrogen and oxygen atoms in total. The van der Waals surface area contributed by atoms with Crippen LogP contribution in [0.4, 0.5) is 0 Å². The maximum Gasteiger partial charge on any atom is 0.269 e. The van der Waals surface area contributed by atoms with Gasteiger partial charge in [0.05, 0.1) is 5.69 Å². The van der Waals surface area contributed by atoms with Crippen LogP contribution in [-0.4, -0.2) is 40.3 Å². The number of aliphatic imine (C=N–C) groups is 1. The molecule has 0 aliphatic rings. The predicted octanol–water partition coefficient (Wildman–Crippen LogP) is 2.59. The average Bonchev–Trinajstić information content (AvgIpc) is 3.20. The van der Waals surface area contributed by atoms with Gasteiger partial charge in [-0.15, -0.1) is 5.10 Å². The molecule has 3 aromatic rings. The Morgan fingerprint density at radius 1 is 1.21 bits per heavy atom. The molecule has 8 heteroatoms. The topological polar surface area (TPSA) is 88.7 Å². The van der Waals surface area contributed by atoms with Crippen molar-refractivity contribution in [3.05, 3.63) is 76.9 Å². The Labute approximate surface area is 167 Å². The van der Waals surface area contributed by atoms with Gasteiger partial charge in [-0.25, -0.2) is 4.68 Å². The molecule has 144 valence electrons. The highest BCUT2D eigenvalue weighted by atomic mass is 35.5. The van der Waals surface area contributed by atoms with E-state index in [9.17, 15) is 4.79 Å². The molecule has 28 heavy (non-hydrogen) atoms. The van der Waals surface area contributed by atoms with Gasteiger partial charge in [0.15, 0.2) is 0 Å². The first-order chi connectivity index (χ1) is 13.6. The molecule has 3 rings (SSSR count). The zero-order chi connectivity index (χ0) is 19.9. The van der Waals surface area contributed by atoms with Gasteiger partial charge in [-0.1, -0.05) is 35.9 Å². The number of nitrogens with one attached hydrogen (secondary N) is 1. The summed E-state index contributed by atoms with van der Waals surface area (Å²) >= 11 is 5.91. The van der Waals surface area contributed by atoms with Crippen molar-refractivity contribution in [1.82, 2.24) is 15.1 Å². The minimum Gasteiger partial charge on any atom is -0.472 e. The predicted molar refractivity (Wildman–Crippen MR) is 107 cm³/mol. The second kappa shape index (κ2) is 9.16. The van der Waals surface area contributed by atoms with E-state index >= 15 is 0 Å². The largest absolute Gasteiger partial charge is 0.472 e. The molecule has 0 saturated carbocycles. The normalized spacial score (nSPS) is 11.3. The van der Waals surface area contributed by atoms with Gasteiger partial charge in [0, 0.05) is 29.9 Å². The summed E-state index contributed by atoms with van der Waals surface area (Å²) in [4.78, 5) is 16.0. The first-order valence-corrected chi connectivity index (χ1v) is 8.90. The van der Waals surface area contributed by atoms with E-state index in [0.717, 1.165) is 11.3 Å². The number of carbonyl (C=O) groups excluding carboxylic acids is 1. The first kappa shape index (κ1) is 19.6. The lowest BCUT2D eigenvalue weighted by molar-refractivity contribution is -0.114. The van der Waals surface area contributed by atoms with Crippen molar-refractivity contribution in [2.75, 3.05) is 13.8 Å². The van der Waals surface area contributed by atoms with Crippen molar-refractivity contribution in [2.24, 2.45) is 4.99 Å². The summed E-state index contributed by atoms with van der Waals surface area (Å²) in [5, 5.41) is 16.7. The van der Waals surface area contributed by atoms with Crippen molar-refractivity contribution in [2.45, 2.75) is 6.61 Å². The van der Waals surface area contributed by atoms with Crippen LogP contribution in [0.25, 0.3) is 5.69 Å². The van der Waals surface area contributed by atoms with Gasteiger partial charge in [-0.2, -0.15) is 0 Å². The maximum atomic E-state index is 12.1. The van der Waals surface area contributed by atoms with Gasteiger partial charge in [0.25, 0.3) is 5.91 Å². The Morgan fingerprint density at radius 2 is 1.96 bits per heavy atom. The molecule has 0 spiro atoms. The van der Waals surface area contributed by atoms with E-state index < -0.39 is 6.73 Å². The quantitative estimate of drug-likeness (QED) is 0.599. The molecule has 2 N–H and O–H groups in total. The number of aromatic nitrogens is 2. The Balaban J connectivity index is 1.78. The molecular weight excluding hydrogens is 380 g/mol. The zero-order valence-corrected chi connectivity index (χ0v) is 15.9. The number of ether oxygens (including phenoxy) is 1. The molecule has 0 atom stereocenters. The molecule has 0 saturated heterocycles. The number of aliphatic hydroxyl groups excluding tert-OH is 1. The molecule has 2 aromatic carbocycles. The molecular formula is C20H19ClN4O3. The second-order valence-electron chi connectivity index (χ2n) is 5.75. The van der Waals surface area contributed by atoms with Crippen molar-refractivity contribution in [3.63, 3.8) is 0 Å². The number of amides is 1. The van der Waals surface area contributed by atoms with Crippen molar-refractivity contribution in [1.29, 1.82) is 0 Å². The van der Waals surface area contributed by atoms with Crippen LogP contribution in [0.1, 0.15) is 11.1 Å². The third kappa shape index (κ3) is 4.57. The highest BCUT2D eigenvalue weighted by molar-refractivity contribution is 6.45. The Kier molecular flexibility index (Phi) is 6.41. The van der Waals surface area contributed by atoms with Crippen LogP contribution >= 0.6 is 11.6 Å². The van der Waals surface area contributed by atoms with Gasteiger partial charge in [0.2, 0.25) is 5.88 Å². The van der Waals surface area contributed by atoms with E-state index in [2.05, 4.69) is 15.4 Å². The molecule has 0 aliphatic carbocycles. The number of benzene rings is 2. The summed E-state index contributed by atoms with van der Waals surface area (Å²) in [6.45, 7) is -0.293. The molecule has 0 fully saturated rings. The third-order valence-corrected chi connectivity index (χ3v) is 4.23. The van der Waals surface area contributed by atoms with Crippen LogP contribution in [0, 0.1) is 0 Å². The number of hydrogen-bond acceptors (Lipinski definition) is 5. The van der Waals surface area contributed by atoms with Crippen LogP contribution in [0.2, 0.25) is 5.02 Å². The van der Waals surface area contributed by atoms with E-state index in [4.69, 9.17) is 21.4 Å². The summed E-state index contributed by atoms with van der Waals surface area (Å²) in [7, 11) is 1.51. The van der Waals surface area contributed by atoms with Crippen molar-refractivity contribution < 1.29 is 14.6 Å². The SMILES string of the molecule is CNC(=O)/C(=N/CO)c1ccccc1COc1ccn(-c2ccc(Cl)cc2)n1. The minimum atomic E-state index is -0.483. The smallest absolute Gasteiger partial charge is 0.269 e. The van der Waals surface area contributed by atoms with Crippen LogP contribution < -0.4 is 10.1 Å². The molecule has 0 radical (unpaired) electrons. The molecule has 0 bridgehead atoms. The summed E-state index contributed by atoms with van der Waals surface area (Å²) < 4.78 is 7.47. The summed E-state index contributed by atoms with van der Waals surface area (Å²) in [6.07, 6.45) is 1.79. The van der Waals surface area contributed by atoms with E-state index in [1.165, 1.54) is 7.05 Å². The lowest BCUT2D eigenvalue weighted by Crippen LogP contribution is -2.29. The van der Waals surface area contributed by atoms with Crippen LogP contribution in [0.3, 0.4) is 0 Å².